The number of methoxy groups -OCH3 is 1. The molecule has 0 aliphatic carbocycles. The van der Waals surface area contributed by atoms with Crippen molar-refractivity contribution in [3.05, 3.63) is 64.4 Å². The number of halogens is 1. The van der Waals surface area contributed by atoms with E-state index in [0.29, 0.717) is 46.5 Å². The molecule has 156 valence electrons. The van der Waals surface area contributed by atoms with E-state index in [-0.39, 0.29) is 18.1 Å². The van der Waals surface area contributed by atoms with Gasteiger partial charge in [0.2, 0.25) is 0 Å². The number of carbonyl (C=O) groups excluding carboxylic acids is 2. The van der Waals surface area contributed by atoms with Crippen LogP contribution in [0.3, 0.4) is 0 Å². The van der Waals surface area contributed by atoms with E-state index in [9.17, 15) is 9.59 Å². The molecular weight excluding hydrogens is 404 g/mol. The third-order valence-electron chi connectivity index (χ3n) is 4.54. The zero-order valence-corrected chi connectivity index (χ0v) is 17.9. The van der Waals surface area contributed by atoms with Crippen LogP contribution in [0.2, 0.25) is 5.02 Å². The first-order valence-corrected chi connectivity index (χ1v) is 9.89. The van der Waals surface area contributed by atoms with Crippen LogP contribution in [0, 0.1) is 6.92 Å². The molecule has 7 heteroatoms. The highest BCUT2D eigenvalue weighted by molar-refractivity contribution is 6.33. The van der Waals surface area contributed by atoms with Gasteiger partial charge in [0.05, 0.1) is 17.2 Å². The molecule has 0 fully saturated rings. The number of ether oxygens (including phenoxy) is 1. The van der Waals surface area contributed by atoms with Crippen molar-refractivity contribution < 1.29 is 18.7 Å². The number of carbonyl (C=O) groups is 2. The van der Waals surface area contributed by atoms with Gasteiger partial charge in [-0.15, -0.1) is 0 Å². The molecule has 0 saturated carbocycles. The fraction of sp³-hybridized carbons (Fsp3) is 0.261. The van der Waals surface area contributed by atoms with Crippen LogP contribution in [-0.2, 0) is 16.0 Å². The van der Waals surface area contributed by atoms with E-state index >= 15 is 0 Å². The lowest BCUT2D eigenvalue weighted by molar-refractivity contribution is -0.116. The number of hydrogen-bond acceptors (Lipinski definition) is 5. The minimum absolute atomic E-state index is 0.0201. The number of furan rings is 1. The van der Waals surface area contributed by atoms with Gasteiger partial charge in [0, 0.05) is 43.1 Å². The van der Waals surface area contributed by atoms with Crippen molar-refractivity contribution in [2.24, 2.45) is 0 Å². The Morgan fingerprint density at radius 2 is 1.97 bits per heavy atom. The molecule has 0 saturated heterocycles. The Hall–Kier alpha value is -2.96. The Bertz CT molecular complexity index is 1070. The van der Waals surface area contributed by atoms with Crippen LogP contribution in [0.25, 0.3) is 22.6 Å². The zero-order valence-electron chi connectivity index (χ0n) is 17.1. The van der Waals surface area contributed by atoms with Crippen molar-refractivity contribution in [3.63, 3.8) is 0 Å². The Balaban J connectivity index is 2.09. The van der Waals surface area contributed by atoms with Crippen LogP contribution < -0.4 is 5.32 Å². The Morgan fingerprint density at radius 3 is 2.67 bits per heavy atom. The minimum atomic E-state index is -0.285. The highest BCUT2D eigenvalue weighted by Crippen LogP contribution is 2.37. The molecule has 6 nitrogen and oxygen atoms in total. The highest BCUT2D eigenvalue weighted by Gasteiger charge is 2.22. The van der Waals surface area contributed by atoms with Crippen molar-refractivity contribution in [1.82, 2.24) is 10.3 Å². The molecule has 0 atom stereocenters. The smallest absolute Gasteiger partial charge is 0.255 e. The first kappa shape index (κ1) is 21.7. The van der Waals surface area contributed by atoms with E-state index in [1.165, 1.54) is 6.92 Å². The Morgan fingerprint density at radius 1 is 1.20 bits per heavy atom. The van der Waals surface area contributed by atoms with E-state index in [1.807, 2.05) is 25.1 Å². The molecule has 30 heavy (non-hydrogen) atoms. The monoisotopic (exact) mass is 426 g/mol. The molecule has 1 N–H and O–H groups in total. The Kier molecular flexibility index (Phi) is 7.03. The number of benzene rings is 1. The average molecular weight is 427 g/mol. The standard InChI is InChI=1S/C23H23ClN2O4/c1-14-13-26-16(10-15(2)27)11-18(14)21-12-19(23(28)25-8-9-29-3)22(30-21)17-6-4-5-7-20(17)24/h4-7,11-13H,8-10H2,1-3H3,(H,25,28). The summed E-state index contributed by atoms with van der Waals surface area (Å²) in [7, 11) is 1.57. The van der Waals surface area contributed by atoms with Crippen LogP contribution in [0.5, 0.6) is 0 Å². The molecule has 3 rings (SSSR count). The number of nitrogens with one attached hydrogen (secondary N) is 1. The number of aryl methyl sites for hydroxylation is 1. The maximum atomic E-state index is 12.8. The number of rotatable bonds is 8. The summed E-state index contributed by atoms with van der Waals surface area (Å²) in [6, 6.07) is 10.7. The predicted molar refractivity (Wildman–Crippen MR) is 116 cm³/mol. The number of Topliss-reactive ketones (excluding diaryl/α,β-unsaturated/α-hetero) is 1. The summed E-state index contributed by atoms with van der Waals surface area (Å²) in [6.07, 6.45) is 1.93. The van der Waals surface area contributed by atoms with Gasteiger partial charge in [-0.05, 0) is 43.7 Å². The van der Waals surface area contributed by atoms with Gasteiger partial charge < -0.3 is 14.5 Å². The third kappa shape index (κ3) is 4.96. The van der Waals surface area contributed by atoms with Gasteiger partial charge in [-0.3, -0.25) is 14.6 Å². The van der Waals surface area contributed by atoms with Crippen LogP contribution in [-0.4, -0.2) is 36.9 Å². The summed E-state index contributed by atoms with van der Waals surface area (Å²) in [5, 5.41) is 3.30. The fourth-order valence-corrected chi connectivity index (χ4v) is 3.31. The van der Waals surface area contributed by atoms with Crippen molar-refractivity contribution >= 4 is 23.3 Å². The SMILES string of the molecule is COCCNC(=O)c1cc(-c2cc(CC(C)=O)ncc2C)oc1-c1ccccc1Cl. The lowest BCUT2D eigenvalue weighted by Crippen LogP contribution is -2.26. The molecule has 1 amide bonds. The highest BCUT2D eigenvalue weighted by atomic mass is 35.5. The predicted octanol–water partition coefficient (Wildman–Crippen LogP) is 4.48. The molecule has 0 radical (unpaired) electrons. The summed E-state index contributed by atoms with van der Waals surface area (Å²) in [6.45, 7) is 4.19. The molecule has 2 heterocycles. The van der Waals surface area contributed by atoms with Gasteiger partial charge in [0.15, 0.2) is 0 Å². The van der Waals surface area contributed by atoms with Gasteiger partial charge in [-0.25, -0.2) is 0 Å². The lowest BCUT2D eigenvalue weighted by atomic mass is 10.0. The van der Waals surface area contributed by atoms with E-state index < -0.39 is 0 Å². The molecule has 0 aliphatic rings. The first-order chi connectivity index (χ1) is 14.4. The van der Waals surface area contributed by atoms with Crippen LogP contribution in [0.15, 0.2) is 47.0 Å². The fourth-order valence-electron chi connectivity index (χ4n) is 3.08. The number of hydrogen-bond donors (Lipinski definition) is 1. The van der Waals surface area contributed by atoms with Crippen molar-refractivity contribution in [3.8, 4) is 22.6 Å². The van der Waals surface area contributed by atoms with E-state index in [0.717, 1.165) is 11.1 Å². The maximum Gasteiger partial charge on any atom is 0.255 e. The molecule has 1 aromatic carbocycles. The second-order valence-electron chi connectivity index (χ2n) is 6.95. The maximum absolute atomic E-state index is 12.8. The van der Waals surface area contributed by atoms with Crippen LogP contribution in [0.4, 0.5) is 0 Å². The number of ketones is 1. The number of pyridine rings is 1. The lowest BCUT2D eigenvalue weighted by Gasteiger charge is -2.06. The van der Waals surface area contributed by atoms with E-state index in [2.05, 4.69) is 10.3 Å². The van der Waals surface area contributed by atoms with Gasteiger partial charge >= 0.3 is 0 Å². The van der Waals surface area contributed by atoms with E-state index in [4.69, 9.17) is 20.8 Å². The summed E-state index contributed by atoms with van der Waals surface area (Å²) in [5.74, 6) is 0.626. The van der Waals surface area contributed by atoms with Gasteiger partial charge in [-0.2, -0.15) is 0 Å². The van der Waals surface area contributed by atoms with E-state index in [1.54, 1.807) is 31.5 Å². The third-order valence-corrected chi connectivity index (χ3v) is 4.87. The average Bonchev–Trinajstić information content (AvgIpc) is 3.14. The normalized spacial score (nSPS) is 10.8. The van der Waals surface area contributed by atoms with Crippen molar-refractivity contribution in [2.45, 2.75) is 20.3 Å². The molecular formula is C23H23ClN2O4. The minimum Gasteiger partial charge on any atom is -0.455 e. The summed E-state index contributed by atoms with van der Waals surface area (Å²) < 4.78 is 11.2. The molecule has 3 aromatic rings. The Labute approximate surface area is 180 Å². The van der Waals surface area contributed by atoms with Crippen LogP contribution in [0.1, 0.15) is 28.5 Å². The first-order valence-electron chi connectivity index (χ1n) is 9.52. The number of aromatic nitrogens is 1. The molecule has 0 aliphatic heterocycles. The molecule has 2 aromatic heterocycles. The second-order valence-corrected chi connectivity index (χ2v) is 7.36. The van der Waals surface area contributed by atoms with Gasteiger partial charge in [-0.1, -0.05) is 23.7 Å². The van der Waals surface area contributed by atoms with Crippen molar-refractivity contribution in [1.29, 1.82) is 0 Å². The second kappa shape index (κ2) is 9.69. The van der Waals surface area contributed by atoms with Gasteiger partial charge in [0.25, 0.3) is 5.91 Å². The van der Waals surface area contributed by atoms with Crippen LogP contribution >= 0.6 is 11.6 Å². The largest absolute Gasteiger partial charge is 0.455 e. The number of nitrogens with zero attached hydrogens (tertiary/aromatic N) is 1. The topological polar surface area (TPSA) is 81.4 Å². The van der Waals surface area contributed by atoms with Gasteiger partial charge in [0.1, 0.15) is 17.3 Å². The molecule has 0 unspecified atom stereocenters. The van der Waals surface area contributed by atoms with Crippen molar-refractivity contribution in [2.75, 3.05) is 20.3 Å². The summed E-state index contributed by atoms with van der Waals surface area (Å²) in [5.41, 5.74) is 3.28. The quantitative estimate of drug-likeness (QED) is 0.537. The molecule has 0 spiro atoms. The zero-order chi connectivity index (χ0) is 21.7. The summed E-state index contributed by atoms with van der Waals surface area (Å²) in [4.78, 5) is 28.7. The summed E-state index contributed by atoms with van der Waals surface area (Å²) >= 11 is 6.37. The molecule has 0 bridgehead atoms. The number of amides is 1.